The molecule has 3 N–H and O–H groups in total. The summed E-state index contributed by atoms with van der Waals surface area (Å²) in [6, 6.07) is 12.1. The monoisotopic (exact) mass is 454 g/mol. The van der Waals surface area contributed by atoms with Crippen LogP contribution < -0.4 is 19.9 Å². The molecule has 2 amide bonds. The van der Waals surface area contributed by atoms with Gasteiger partial charge in [-0.1, -0.05) is 25.1 Å². The van der Waals surface area contributed by atoms with Crippen LogP contribution in [0.5, 0.6) is 11.5 Å². The van der Waals surface area contributed by atoms with E-state index in [4.69, 9.17) is 14.6 Å². The number of aliphatic hydroxyl groups excluding tert-OH is 1. The molecular weight excluding hydrogens is 428 g/mol. The van der Waals surface area contributed by atoms with Gasteiger partial charge in [0.05, 0.1) is 24.8 Å². The summed E-state index contributed by atoms with van der Waals surface area (Å²) in [5.41, 5.74) is 4.00. The Morgan fingerprint density at radius 3 is 2.55 bits per heavy atom. The Kier molecular flexibility index (Phi) is 7.68. The van der Waals surface area contributed by atoms with E-state index in [0.29, 0.717) is 34.9 Å². The van der Waals surface area contributed by atoms with Crippen LogP contribution in [0.15, 0.2) is 48.0 Å². The summed E-state index contributed by atoms with van der Waals surface area (Å²) in [7, 11) is 0. The number of carboxylic acids is 1. The molecule has 0 unspecified atom stereocenters. The van der Waals surface area contributed by atoms with Gasteiger partial charge in [-0.2, -0.15) is 0 Å². The van der Waals surface area contributed by atoms with Crippen molar-refractivity contribution in [3.05, 3.63) is 59.2 Å². The van der Waals surface area contributed by atoms with Gasteiger partial charge in [-0.25, -0.2) is 5.01 Å². The molecule has 33 heavy (non-hydrogen) atoms. The van der Waals surface area contributed by atoms with E-state index in [2.05, 4.69) is 5.43 Å². The van der Waals surface area contributed by atoms with E-state index in [-0.39, 0.29) is 12.2 Å². The number of carbonyl (C=O) groups excluding carboxylic acids is 2. The Balaban J connectivity index is 1.94. The van der Waals surface area contributed by atoms with Crippen molar-refractivity contribution in [2.45, 2.75) is 32.8 Å². The average Bonchev–Trinajstić information content (AvgIpc) is 3.06. The predicted octanol–water partition coefficient (Wildman–Crippen LogP) is 2.46. The van der Waals surface area contributed by atoms with E-state index in [0.717, 1.165) is 11.4 Å². The third-order valence-electron chi connectivity index (χ3n) is 4.88. The van der Waals surface area contributed by atoms with Crippen LogP contribution in [-0.2, 0) is 14.4 Å². The smallest absolute Gasteiger partial charge is 0.306 e. The summed E-state index contributed by atoms with van der Waals surface area (Å²) >= 11 is 0. The Morgan fingerprint density at radius 1 is 1.15 bits per heavy atom. The molecule has 0 aliphatic carbocycles. The van der Waals surface area contributed by atoms with Gasteiger partial charge >= 0.3 is 5.97 Å². The van der Waals surface area contributed by atoms with E-state index in [1.807, 2.05) is 6.92 Å². The van der Waals surface area contributed by atoms with Gasteiger partial charge in [-0.15, -0.1) is 0 Å². The lowest BCUT2D eigenvalue weighted by Gasteiger charge is -2.18. The van der Waals surface area contributed by atoms with Crippen LogP contribution in [0.4, 0.5) is 5.69 Å². The number of hydrogen-bond donors (Lipinski definition) is 3. The maximum Gasteiger partial charge on any atom is 0.306 e. The molecule has 3 rings (SSSR count). The van der Waals surface area contributed by atoms with Crippen molar-refractivity contribution in [1.29, 1.82) is 0 Å². The second-order valence-electron chi connectivity index (χ2n) is 7.49. The molecule has 0 bridgehead atoms. The molecule has 1 aliphatic rings. The number of para-hydroxylation sites is 1. The van der Waals surface area contributed by atoms with Crippen molar-refractivity contribution in [3.8, 4) is 11.5 Å². The molecule has 2 aromatic rings. The number of carboxylic acid groups (broad SMARTS) is 1. The van der Waals surface area contributed by atoms with Crippen molar-refractivity contribution in [2.75, 3.05) is 18.2 Å². The third-order valence-corrected chi connectivity index (χ3v) is 4.88. The molecule has 2 aromatic carbocycles. The third kappa shape index (κ3) is 5.69. The number of aliphatic carboxylic acids is 1. The van der Waals surface area contributed by atoms with Gasteiger partial charge in [0.15, 0.2) is 0 Å². The Morgan fingerprint density at radius 2 is 1.88 bits per heavy atom. The number of amides is 2. The number of hydrogen-bond acceptors (Lipinski definition) is 6. The van der Waals surface area contributed by atoms with Crippen molar-refractivity contribution in [2.24, 2.45) is 0 Å². The van der Waals surface area contributed by atoms with Gasteiger partial charge in [0.25, 0.3) is 11.8 Å². The normalized spacial score (nSPS) is 15.5. The molecule has 0 aromatic heterocycles. The molecular formula is C24H26N2O7. The fourth-order valence-corrected chi connectivity index (χ4v) is 3.28. The summed E-state index contributed by atoms with van der Waals surface area (Å²) in [5, 5.41) is 20.0. The van der Waals surface area contributed by atoms with E-state index >= 15 is 0 Å². The summed E-state index contributed by atoms with van der Waals surface area (Å²) in [6.07, 6.45) is 0.500. The predicted molar refractivity (Wildman–Crippen MR) is 121 cm³/mol. The summed E-state index contributed by atoms with van der Waals surface area (Å²) < 4.78 is 11.5. The lowest BCUT2D eigenvalue weighted by molar-refractivity contribution is -0.139. The second-order valence-corrected chi connectivity index (χ2v) is 7.49. The minimum atomic E-state index is -1.23. The molecule has 9 nitrogen and oxygen atoms in total. The van der Waals surface area contributed by atoms with Crippen LogP contribution >= 0.6 is 0 Å². The van der Waals surface area contributed by atoms with Crippen molar-refractivity contribution in [1.82, 2.24) is 5.43 Å². The maximum atomic E-state index is 12.9. The Labute approximate surface area is 191 Å². The van der Waals surface area contributed by atoms with Gasteiger partial charge in [0, 0.05) is 11.1 Å². The zero-order chi connectivity index (χ0) is 24.0. The van der Waals surface area contributed by atoms with Crippen molar-refractivity contribution < 1.29 is 34.1 Å². The number of nitrogens with one attached hydrogen (secondary N) is 1. The number of ether oxygens (including phenoxy) is 2. The second kappa shape index (κ2) is 10.6. The minimum absolute atomic E-state index is 0.0867. The molecule has 1 fully saturated rings. The fourth-order valence-electron chi connectivity index (χ4n) is 3.28. The standard InChI is InChI=1S/C24H26N2O7/c1-3-11-32-20-10-9-16(22(15(20)2)33-14-18(27)13-21(28)29)12-19-23(30)25-26(24(19)31)17-7-5-4-6-8-17/h4-10,12,18,27H,3,11,13-14H2,1-2H3,(H,25,30)(H,28,29)/b19-12+/t18-/m1/s1. The van der Waals surface area contributed by atoms with Gasteiger partial charge in [0.1, 0.15) is 23.7 Å². The van der Waals surface area contributed by atoms with Crippen LogP contribution in [0, 0.1) is 6.92 Å². The van der Waals surface area contributed by atoms with Crippen LogP contribution in [0.3, 0.4) is 0 Å². The molecule has 1 aliphatic heterocycles. The van der Waals surface area contributed by atoms with E-state index in [1.54, 1.807) is 49.4 Å². The highest BCUT2D eigenvalue weighted by Crippen LogP contribution is 2.34. The number of hydrazine groups is 1. The van der Waals surface area contributed by atoms with E-state index < -0.39 is 30.3 Å². The number of carbonyl (C=O) groups is 3. The van der Waals surface area contributed by atoms with Gasteiger partial charge in [-0.3, -0.25) is 19.8 Å². The molecule has 0 spiro atoms. The lowest BCUT2D eigenvalue weighted by atomic mass is 10.0. The lowest BCUT2D eigenvalue weighted by Crippen LogP contribution is -2.35. The number of aliphatic hydroxyl groups is 1. The molecule has 174 valence electrons. The Bertz CT molecular complexity index is 1070. The van der Waals surface area contributed by atoms with Gasteiger partial charge in [0.2, 0.25) is 0 Å². The number of rotatable bonds is 10. The zero-order valence-electron chi connectivity index (χ0n) is 18.4. The Hall–Kier alpha value is -3.85. The summed E-state index contributed by atoms with van der Waals surface area (Å²) in [4.78, 5) is 36.3. The zero-order valence-corrected chi connectivity index (χ0v) is 18.4. The largest absolute Gasteiger partial charge is 0.493 e. The first kappa shape index (κ1) is 23.8. The van der Waals surface area contributed by atoms with Gasteiger partial charge in [-0.05, 0) is 43.7 Å². The van der Waals surface area contributed by atoms with E-state index in [1.165, 1.54) is 6.08 Å². The number of nitrogens with zero attached hydrogens (tertiary/aromatic N) is 1. The minimum Gasteiger partial charge on any atom is -0.493 e. The van der Waals surface area contributed by atoms with Crippen molar-refractivity contribution in [3.63, 3.8) is 0 Å². The highest BCUT2D eigenvalue weighted by atomic mass is 16.5. The quantitative estimate of drug-likeness (QED) is 0.372. The average molecular weight is 454 g/mol. The van der Waals surface area contributed by atoms with E-state index in [9.17, 15) is 19.5 Å². The number of benzene rings is 2. The maximum absolute atomic E-state index is 12.9. The topological polar surface area (TPSA) is 125 Å². The van der Waals surface area contributed by atoms with Crippen LogP contribution in [0.2, 0.25) is 0 Å². The molecule has 1 atom stereocenters. The molecule has 0 radical (unpaired) electrons. The van der Waals surface area contributed by atoms with Crippen LogP contribution in [0.1, 0.15) is 30.9 Å². The van der Waals surface area contributed by atoms with Crippen molar-refractivity contribution >= 4 is 29.5 Å². The molecule has 1 heterocycles. The van der Waals surface area contributed by atoms with Gasteiger partial charge < -0.3 is 19.7 Å². The fraction of sp³-hybridized carbons (Fsp3) is 0.292. The first-order valence-corrected chi connectivity index (χ1v) is 10.5. The van der Waals surface area contributed by atoms with Crippen LogP contribution in [0.25, 0.3) is 6.08 Å². The highest BCUT2D eigenvalue weighted by Gasteiger charge is 2.34. The molecule has 1 saturated heterocycles. The SMILES string of the molecule is CCCOc1ccc(/C=C2\C(=O)NN(c3ccccc3)C2=O)c(OC[C@H](O)CC(=O)O)c1C. The molecule has 9 heteroatoms. The summed E-state index contributed by atoms with van der Waals surface area (Å²) in [6.45, 7) is 3.92. The number of anilines is 1. The molecule has 0 saturated carbocycles. The van der Waals surface area contributed by atoms with Crippen LogP contribution in [-0.4, -0.2) is 47.3 Å². The summed E-state index contributed by atoms with van der Waals surface area (Å²) in [5.74, 6) is -1.40. The highest BCUT2D eigenvalue weighted by molar-refractivity contribution is 6.31. The first-order chi connectivity index (χ1) is 15.8. The first-order valence-electron chi connectivity index (χ1n) is 10.5.